The topological polar surface area (TPSA) is 112 Å². The lowest BCUT2D eigenvalue weighted by molar-refractivity contribution is -0.115. The molecule has 0 bridgehead atoms. The molecule has 2 aromatic heterocycles. The largest absolute Gasteiger partial charge is 0.370 e. The van der Waals surface area contributed by atoms with Crippen molar-refractivity contribution in [3.63, 3.8) is 0 Å². The van der Waals surface area contributed by atoms with Crippen LogP contribution in [-0.4, -0.2) is 28.5 Å². The van der Waals surface area contributed by atoms with Crippen molar-refractivity contribution in [3.8, 4) is 6.07 Å². The molecule has 0 radical (unpaired) electrons. The van der Waals surface area contributed by atoms with Gasteiger partial charge in [0.15, 0.2) is 5.57 Å². The first-order valence-electron chi connectivity index (χ1n) is 8.64. The maximum absolute atomic E-state index is 12.6. The van der Waals surface area contributed by atoms with Crippen LogP contribution in [-0.2, 0) is 11.3 Å². The van der Waals surface area contributed by atoms with Crippen LogP contribution < -0.4 is 30.7 Å². The Morgan fingerprint density at radius 1 is 1.37 bits per heavy atom. The van der Waals surface area contributed by atoms with Gasteiger partial charge in [0.2, 0.25) is 0 Å². The second-order valence-corrected chi connectivity index (χ2v) is 6.45. The number of pyridine rings is 1. The number of nitrogens with one attached hydrogen (secondary N) is 3. The first-order chi connectivity index (χ1) is 13.0. The van der Waals surface area contributed by atoms with Gasteiger partial charge in [0.05, 0.1) is 0 Å². The molecule has 3 N–H and O–H groups in total. The summed E-state index contributed by atoms with van der Waals surface area (Å²) in [5, 5.41) is 18.2. The molecular formula is C18H22N6O2S. The average Bonchev–Trinajstić information content (AvgIpc) is 2.97. The molecule has 0 aromatic carbocycles. The molecule has 0 aliphatic heterocycles. The van der Waals surface area contributed by atoms with E-state index in [0.29, 0.717) is 22.3 Å². The fourth-order valence-corrected chi connectivity index (χ4v) is 3.47. The first-order valence-corrected chi connectivity index (χ1v) is 9.46. The quantitative estimate of drug-likeness (QED) is 0.636. The number of carbonyl (C=O) groups is 1. The van der Waals surface area contributed by atoms with E-state index in [0.717, 1.165) is 29.4 Å². The molecule has 0 fully saturated rings. The number of nitrogens with zero attached hydrogens (tertiary/aromatic N) is 3. The Kier molecular flexibility index (Phi) is 7.14. The highest BCUT2D eigenvalue weighted by molar-refractivity contribution is 7.07. The number of aromatic nitrogens is 2. The van der Waals surface area contributed by atoms with Gasteiger partial charge in [-0.3, -0.25) is 14.2 Å². The summed E-state index contributed by atoms with van der Waals surface area (Å²) in [4.78, 5) is 29.0. The molecule has 2 aromatic rings. The number of hydrogen-bond donors (Lipinski definition) is 3. The van der Waals surface area contributed by atoms with E-state index < -0.39 is 5.91 Å². The van der Waals surface area contributed by atoms with Crippen LogP contribution in [0, 0.1) is 11.3 Å². The van der Waals surface area contributed by atoms with Crippen LogP contribution in [0.1, 0.15) is 20.8 Å². The fraction of sp³-hybridized carbons (Fsp3) is 0.333. The summed E-state index contributed by atoms with van der Waals surface area (Å²) in [6.07, 6.45) is 3.25. The van der Waals surface area contributed by atoms with Crippen LogP contribution in [0.5, 0.6) is 0 Å². The van der Waals surface area contributed by atoms with Gasteiger partial charge in [0.25, 0.3) is 11.5 Å². The number of thiazole rings is 1. The second kappa shape index (κ2) is 9.54. The van der Waals surface area contributed by atoms with Gasteiger partial charge in [-0.1, -0.05) is 0 Å². The number of hydrogen-bond acceptors (Lipinski definition) is 7. The predicted octanol–water partition coefficient (Wildman–Crippen LogP) is 0.417. The van der Waals surface area contributed by atoms with E-state index in [1.165, 1.54) is 4.57 Å². The summed E-state index contributed by atoms with van der Waals surface area (Å²) < 4.78 is 2.19. The van der Waals surface area contributed by atoms with Crippen molar-refractivity contribution in [2.24, 2.45) is 0 Å². The first kappa shape index (κ1) is 20.2. The molecule has 8 nitrogen and oxygen atoms in total. The molecule has 1 amide bonds. The number of carbonyl (C=O) groups excluding carboxylic acids is 1. The minimum atomic E-state index is -0.479. The zero-order valence-electron chi connectivity index (χ0n) is 15.5. The van der Waals surface area contributed by atoms with Crippen molar-refractivity contribution in [1.29, 1.82) is 5.26 Å². The molecule has 0 saturated heterocycles. The number of anilines is 2. The lowest BCUT2D eigenvalue weighted by atomic mass is 10.3. The molecule has 2 rings (SSSR count). The van der Waals surface area contributed by atoms with Crippen LogP contribution in [0.2, 0.25) is 0 Å². The van der Waals surface area contributed by atoms with E-state index >= 15 is 0 Å². The Morgan fingerprint density at radius 2 is 2.15 bits per heavy atom. The lowest BCUT2D eigenvalue weighted by Crippen LogP contribution is -2.34. The van der Waals surface area contributed by atoms with E-state index in [-0.39, 0.29) is 11.1 Å². The van der Waals surface area contributed by atoms with Gasteiger partial charge in [0.1, 0.15) is 21.1 Å². The molecule has 142 valence electrons. The molecule has 0 spiro atoms. The van der Waals surface area contributed by atoms with E-state index in [4.69, 9.17) is 0 Å². The minimum absolute atomic E-state index is 0.0567. The zero-order chi connectivity index (χ0) is 19.8. The Balaban J connectivity index is 2.51. The standard InChI is InChI=1S/C18H22N6O2S/c1-4-20-15-9-12(7-8-22-15)23-11-14-17(26)24(6-3)18(27-14)13(10-19)16(25)21-5-2/h7-9,11H,4-6H2,1-3H3,(H,21,25)(H2,20,22,23)/b14-11+,18-13-. The van der Waals surface area contributed by atoms with E-state index in [1.54, 1.807) is 32.3 Å². The van der Waals surface area contributed by atoms with Crippen molar-refractivity contribution < 1.29 is 4.79 Å². The van der Waals surface area contributed by atoms with Crippen LogP contribution in [0.4, 0.5) is 11.5 Å². The third-order valence-electron chi connectivity index (χ3n) is 3.60. The normalized spacial score (nSPS) is 12.3. The molecule has 0 unspecified atom stereocenters. The van der Waals surface area contributed by atoms with Crippen LogP contribution in [0.15, 0.2) is 23.1 Å². The zero-order valence-corrected chi connectivity index (χ0v) is 16.3. The van der Waals surface area contributed by atoms with Crippen molar-refractivity contribution >= 4 is 40.5 Å². The summed E-state index contributed by atoms with van der Waals surface area (Å²) in [6, 6.07) is 5.53. The Labute approximate surface area is 160 Å². The monoisotopic (exact) mass is 386 g/mol. The Bertz CT molecular complexity index is 1030. The number of amides is 1. The highest BCUT2D eigenvalue weighted by Crippen LogP contribution is 2.11. The molecule has 9 heteroatoms. The van der Waals surface area contributed by atoms with Crippen molar-refractivity contribution in [2.75, 3.05) is 23.7 Å². The van der Waals surface area contributed by atoms with Crippen molar-refractivity contribution in [2.45, 2.75) is 27.3 Å². The van der Waals surface area contributed by atoms with Crippen molar-refractivity contribution in [1.82, 2.24) is 14.9 Å². The lowest BCUT2D eigenvalue weighted by Gasteiger charge is -2.04. The second-order valence-electron chi connectivity index (χ2n) is 5.42. The summed E-state index contributed by atoms with van der Waals surface area (Å²) in [7, 11) is 0. The third-order valence-corrected chi connectivity index (χ3v) is 4.73. The molecule has 0 atom stereocenters. The van der Waals surface area contributed by atoms with Gasteiger partial charge in [-0.25, -0.2) is 4.98 Å². The van der Waals surface area contributed by atoms with Gasteiger partial charge >= 0.3 is 0 Å². The van der Waals surface area contributed by atoms with Crippen LogP contribution >= 0.6 is 11.3 Å². The molecule has 0 aliphatic carbocycles. The summed E-state index contributed by atoms with van der Waals surface area (Å²) in [6.45, 7) is 7.07. The molecule has 2 heterocycles. The van der Waals surface area contributed by atoms with Crippen LogP contribution in [0.3, 0.4) is 0 Å². The summed E-state index contributed by atoms with van der Waals surface area (Å²) in [5.41, 5.74) is 0.466. The summed E-state index contributed by atoms with van der Waals surface area (Å²) in [5.74, 6) is 0.248. The average molecular weight is 386 g/mol. The highest BCUT2D eigenvalue weighted by atomic mass is 32.1. The SMILES string of the molecule is CCNC(=O)/C(C#N)=c1\s/c(=C/Nc2ccnc(NCC)c2)c(=O)n1CC. The van der Waals surface area contributed by atoms with Crippen molar-refractivity contribution in [3.05, 3.63) is 37.9 Å². The van der Waals surface area contributed by atoms with Gasteiger partial charge in [0, 0.05) is 43.8 Å². The smallest absolute Gasteiger partial charge is 0.270 e. The van der Waals surface area contributed by atoms with E-state index in [1.807, 2.05) is 19.1 Å². The molecule has 27 heavy (non-hydrogen) atoms. The van der Waals surface area contributed by atoms with Gasteiger partial charge in [-0.15, -0.1) is 11.3 Å². The van der Waals surface area contributed by atoms with Gasteiger partial charge in [-0.05, 0) is 26.8 Å². The minimum Gasteiger partial charge on any atom is -0.370 e. The molecule has 0 saturated carbocycles. The third kappa shape index (κ3) is 4.74. The maximum Gasteiger partial charge on any atom is 0.270 e. The van der Waals surface area contributed by atoms with E-state index in [2.05, 4.69) is 20.9 Å². The van der Waals surface area contributed by atoms with Gasteiger partial charge < -0.3 is 16.0 Å². The predicted molar refractivity (Wildman–Crippen MR) is 108 cm³/mol. The molecule has 0 aliphatic rings. The number of rotatable bonds is 7. The fourth-order valence-electron chi connectivity index (χ4n) is 2.38. The van der Waals surface area contributed by atoms with E-state index in [9.17, 15) is 14.9 Å². The van der Waals surface area contributed by atoms with Crippen LogP contribution in [0.25, 0.3) is 11.8 Å². The summed E-state index contributed by atoms with van der Waals surface area (Å²) >= 11 is 1.11. The number of nitriles is 1. The maximum atomic E-state index is 12.6. The Hall–Kier alpha value is -3.12. The Morgan fingerprint density at radius 3 is 2.78 bits per heavy atom. The van der Waals surface area contributed by atoms with Gasteiger partial charge in [-0.2, -0.15) is 5.26 Å². The highest BCUT2D eigenvalue weighted by Gasteiger charge is 2.14. The molecular weight excluding hydrogens is 364 g/mol.